The number of amides is 1. The highest BCUT2D eigenvalue weighted by Crippen LogP contribution is 2.15. The molecule has 1 atom stereocenters. The van der Waals surface area contributed by atoms with Gasteiger partial charge in [-0.2, -0.15) is 0 Å². The van der Waals surface area contributed by atoms with Crippen LogP contribution in [0.3, 0.4) is 0 Å². The van der Waals surface area contributed by atoms with Crippen LogP contribution >= 0.6 is 0 Å². The number of hydrogen-bond acceptors (Lipinski definition) is 4. The molecule has 0 aliphatic carbocycles. The summed E-state index contributed by atoms with van der Waals surface area (Å²) in [4.78, 5) is 11.6. The number of hydrogen-bond donors (Lipinski definition) is 2. The molecule has 19 heavy (non-hydrogen) atoms. The van der Waals surface area contributed by atoms with Gasteiger partial charge < -0.3 is 20.5 Å². The standard InChI is InChI=1S/C14H20N2O3/c15-11-3-5-12(6-4-11)19-9-7-16-14(17)10-13-2-1-8-18-13/h3-6,13H,1-2,7-10,15H2,(H,16,17). The third-order valence-electron chi connectivity index (χ3n) is 3.01. The largest absolute Gasteiger partial charge is 0.492 e. The molecule has 1 fully saturated rings. The number of ether oxygens (including phenoxy) is 2. The highest BCUT2D eigenvalue weighted by atomic mass is 16.5. The first-order valence-electron chi connectivity index (χ1n) is 6.60. The summed E-state index contributed by atoms with van der Waals surface area (Å²) in [5.74, 6) is 0.774. The highest BCUT2D eigenvalue weighted by Gasteiger charge is 2.18. The van der Waals surface area contributed by atoms with Crippen molar-refractivity contribution in [2.45, 2.75) is 25.4 Å². The van der Waals surface area contributed by atoms with E-state index in [0.717, 1.165) is 25.2 Å². The molecule has 1 aromatic rings. The summed E-state index contributed by atoms with van der Waals surface area (Å²) in [6.07, 6.45) is 2.58. The summed E-state index contributed by atoms with van der Waals surface area (Å²) < 4.78 is 10.9. The van der Waals surface area contributed by atoms with Gasteiger partial charge in [0.2, 0.25) is 5.91 Å². The molecule has 1 aliphatic rings. The molecule has 5 heteroatoms. The van der Waals surface area contributed by atoms with Crippen LogP contribution in [0.2, 0.25) is 0 Å². The van der Waals surface area contributed by atoms with Crippen LogP contribution in [0.1, 0.15) is 19.3 Å². The predicted octanol–water partition coefficient (Wildman–Crippen LogP) is 1.33. The molecule has 1 saturated heterocycles. The van der Waals surface area contributed by atoms with Gasteiger partial charge in [0.1, 0.15) is 12.4 Å². The Morgan fingerprint density at radius 2 is 2.21 bits per heavy atom. The van der Waals surface area contributed by atoms with Gasteiger partial charge >= 0.3 is 0 Å². The maximum Gasteiger partial charge on any atom is 0.222 e. The molecule has 3 N–H and O–H groups in total. The zero-order chi connectivity index (χ0) is 13.5. The Labute approximate surface area is 113 Å². The van der Waals surface area contributed by atoms with E-state index in [1.165, 1.54) is 0 Å². The van der Waals surface area contributed by atoms with Crippen molar-refractivity contribution in [2.75, 3.05) is 25.5 Å². The maximum absolute atomic E-state index is 11.6. The van der Waals surface area contributed by atoms with Crippen molar-refractivity contribution >= 4 is 11.6 Å². The summed E-state index contributed by atoms with van der Waals surface area (Å²) >= 11 is 0. The van der Waals surface area contributed by atoms with Crippen LogP contribution in [0.4, 0.5) is 5.69 Å². The first-order valence-corrected chi connectivity index (χ1v) is 6.60. The zero-order valence-electron chi connectivity index (χ0n) is 10.9. The van der Waals surface area contributed by atoms with Gasteiger partial charge in [0, 0.05) is 12.3 Å². The normalized spacial score (nSPS) is 18.2. The van der Waals surface area contributed by atoms with E-state index in [1.54, 1.807) is 12.1 Å². The van der Waals surface area contributed by atoms with Crippen molar-refractivity contribution in [3.8, 4) is 5.75 Å². The monoisotopic (exact) mass is 264 g/mol. The second-order valence-corrected chi connectivity index (χ2v) is 4.61. The summed E-state index contributed by atoms with van der Waals surface area (Å²) in [5, 5.41) is 2.82. The van der Waals surface area contributed by atoms with E-state index in [0.29, 0.717) is 25.3 Å². The Kier molecular flexibility index (Phi) is 5.03. The number of benzene rings is 1. The average Bonchev–Trinajstić information content (AvgIpc) is 2.89. The second kappa shape index (κ2) is 6.99. The Bertz CT molecular complexity index is 400. The maximum atomic E-state index is 11.6. The van der Waals surface area contributed by atoms with Crippen LogP contribution < -0.4 is 15.8 Å². The number of anilines is 1. The van der Waals surface area contributed by atoms with Crippen molar-refractivity contribution in [3.63, 3.8) is 0 Å². The lowest BCUT2D eigenvalue weighted by Gasteiger charge is -2.10. The number of carbonyl (C=O) groups excluding carboxylic acids is 1. The third kappa shape index (κ3) is 4.79. The zero-order valence-corrected chi connectivity index (χ0v) is 10.9. The fraction of sp³-hybridized carbons (Fsp3) is 0.500. The van der Waals surface area contributed by atoms with E-state index in [4.69, 9.17) is 15.2 Å². The first-order chi connectivity index (χ1) is 9.24. The minimum absolute atomic E-state index is 0.0211. The van der Waals surface area contributed by atoms with Gasteiger partial charge in [-0.05, 0) is 37.1 Å². The molecule has 2 rings (SSSR count). The molecule has 5 nitrogen and oxygen atoms in total. The van der Waals surface area contributed by atoms with Crippen molar-refractivity contribution in [3.05, 3.63) is 24.3 Å². The second-order valence-electron chi connectivity index (χ2n) is 4.61. The van der Waals surface area contributed by atoms with Crippen LogP contribution in [-0.2, 0) is 9.53 Å². The van der Waals surface area contributed by atoms with Crippen molar-refractivity contribution in [1.82, 2.24) is 5.32 Å². The van der Waals surface area contributed by atoms with Crippen LogP contribution in [0.15, 0.2) is 24.3 Å². The van der Waals surface area contributed by atoms with E-state index < -0.39 is 0 Å². The Morgan fingerprint density at radius 3 is 2.89 bits per heavy atom. The lowest BCUT2D eigenvalue weighted by atomic mass is 10.2. The Hall–Kier alpha value is -1.75. The molecule has 1 heterocycles. The fourth-order valence-electron chi connectivity index (χ4n) is 2.01. The molecule has 0 saturated carbocycles. The van der Waals surface area contributed by atoms with Crippen LogP contribution in [0.25, 0.3) is 0 Å². The molecule has 1 aromatic carbocycles. The lowest BCUT2D eigenvalue weighted by molar-refractivity contribution is -0.123. The van der Waals surface area contributed by atoms with E-state index in [9.17, 15) is 4.79 Å². The van der Waals surface area contributed by atoms with Gasteiger partial charge in [-0.1, -0.05) is 0 Å². The smallest absolute Gasteiger partial charge is 0.222 e. The summed E-state index contributed by atoms with van der Waals surface area (Å²) in [6.45, 7) is 1.72. The molecular weight excluding hydrogens is 244 g/mol. The SMILES string of the molecule is Nc1ccc(OCCNC(=O)CC2CCCO2)cc1. The lowest BCUT2D eigenvalue weighted by Crippen LogP contribution is -2.30. The topological polar surface area (TPSA) is 73.6 Å². The molecule has 1 aliphatic heterocycles. The number of nitrogen functional groups attached to an aromatic ring is 1. The number of nitrogens with two attached hydrogens (primary N) is 1. The molecule has 1 amide bonds. The van der Waals surface area contributed by atoms with E-state index in [-0.39, 0.29) is 12.0 Å². The third-order valence-corrected chi connectivity index (χ3v) is 3.01. The molecule has 0 bridgehead atoms. The van der Waals surface area contributed by atoms with Gasteiger partial charge in [-0.25, -0.2) is 0 Å². The molecule has 0 radical (unpaired) electrons. The summed E-state index contributed by atoms with van der Waals surface area (Å²) in [7, 11) is 0. The number of nitrogens with one attached hydrogen (secondary N) is 1. The molecule has 0 spiro atoms. The molecule has 104 valence electrons. The molecule has 0 aromatic heterocycles. The van der Waals surface area contributed by atoms with Crippen LogP contribution in [0, 0.1) is 0 Å². The fourth-order valence-corrected chi connectivity index (χ4v) is 2.01. The minimum Gasteiger partial charge on any atom is -0.492 e. The van der Waals surface area contributed by atoms with Crippen LogP contribution in [0.5, 0.6) is 5.75 Å². The van der Waals surface area contributed by atoms with Crippen molar-refractivity contribution < 1.29 is 14.3 Å². The highest BCUT2D eigenvalue weighted by molar-refractivity contribution is 5.76. The van der Waals surface area contributed by atoms with Crippen molar-refractivity contribution in [1.29, 1.82) is 0 Å². The molecular formula is C14H20N2O3. The quantitative estimate of drug-likeness (QED) is 0.600. The minimum atomic E-state index is 0.0211. The van der Waals surface area contributed by atoms with Gasteiger partial charge in [-0.3, -0.25) is 4.79 Å². The summed E-state index contributed by atoms with van der Waals surface area (Å²) in [5.41, 5.74) is 6.28. The summed E-state index contributed by atoms with van der Waals surface area (Å²) in [6, 6.07) is 7.18. The van der Waals surface area contributed by atoms with E-state index >= 15 is 0 Å². The van der Waals surface area contributed by atoms with Gasteiger partial charge in [0.25, 0.3) is 0 Å². The molecule has 1 unspecified atom stereocenters. The average molecular weight is 264 g/mol. The van der Waals surface area contributed by atoms with E-state index in [1.807, 2.05) is 12.1 Å². The van der Waals surface area contributed by atoms with Gasteiger partial charge in [0.15, 0.2) is 0 Å². The first kappa shape index (κ1) is 13.7. The van der Waals surface area contributed by atoms with Gasteiger partial charge in [-0.15, -0.1) is 0 Å². The Balaban J connectivity index is 1.58. The van der Waals surface area contributed by atoms with Crippen LogP contribution in [-0.4, -0.2) is 31.8 Å². The predicted molar refractivity (Wildman–Crippen MR) is 73.0 cm³/mol. The number of rotatable bonds is 6. The van der Waals surface area contributed by atoms with Crippen molar-refractivity contribution in [2.24, 2.45) is 0 Å². The van der Waals surface area contributed by atoms with Gasteiger partial charge in [0.05, 0.1) is 19.1 Å². The number of carbonyl (C=O) groups is 1. The van der Waals surface area contributed by atoms with E-state index in [2.05, 4.69) is 5.32 Å². The Morgan fingerprint density at radius 1 is 1.42 bits per heavy atom.